The lowest BCUT2D eigenvalue weighted by Crippen LogP contribution is -2.25. The third-order valence-corrected chi connectivity index (χ3v) is 3.44. The average Bonchev–Trinajstić information content (AvgIpc) is 2.38. The van der Waals surface area contributed by atoms with Crippen LogP contribution in [-0.2, 0) is 12.8 Å². The number of benzene rings is 1. The summed E-state index contributed by atoms with van der Waals surface area (Å²) < 4.78 is 5.92. The summed E-state index contributed by atoms with van der Waals surface area (Å²) in [4.78, 5) is 0. The number of rotatable bonds is 6. The molecule has 1 aliphatic carbocycles. The van der Waals surface area contributed by atoms with Gasteiger partial charge >= 0.3 is 0 Å². The van der Waals surface area contributed by atoms with Crippen LogP contribution in [0.15, 0.2) is 18.2 Å². The van der Waals surface area contributed by atoms with E-state index in [9.17, 15) is 0 Å². The molecule has 1 aromatic carbocycles. The van der Waals surface area contributed by atoms with Gasteiger partial charge in [0.25, 0.3) is 0 Å². The molecule has 1 N–H and O–H groups in total. The summed E-state index contributed by atoms with van der Waals surface area (Å²) in [6.07, 6.45) is 5.04. The topological polar surface area (TPSA) is 21.3 Å². The minimum Gasteiger partial charge on any atom is -0.492 e. The van der Waals surface area contributed by atoms with Gasteiger partial charge < -0.3 is 10.1 Å². The standard InChI is InChI=1S/C16H25NO/c1-13(2)12-17-10-11-18-16-9-5-7-14-6-3-4-8-15(14)16/h5,7,9,13,17H,3-4,6,8,10-12H2,1-2H3. The van der Waals surface area contributed by atoms with Crippen molar-refractivity contribution < 1.29 is 4.74 Å². The highest BCUT2D eigenvalue weighted by atomic mass is 16.5. The highest BCUT2D eigenvalue weighted by molar-refractivity contribution is 5.41. The molecule has 2 rings (SSSR count). The van der Waals surface area contributed by atoms with Gasteiger partial charge in [0.15, 0.2) is 0 Å². The maximum absolute atomic E-state index is 5.92. The Bertz CT molecular complexity index is 373. The van der Waals surface area contributed by atoms with Crippen molar-refractivity contribution in [3.8, 4) is 5.75 Å². The van der Waals surface area contributed by atoms with Gasteiger partial charge in [-0.2, -0.15) is 0 Å². The zero-order chi connectivity index (χ0) is 12.8. The molecule has 100 valence electrons. The SMILES string of the molecule is CC(C)CNCCOc1cccc2c1CCCC2. The summed E-state index contributed by atoms with van der Waals surface area (Å²) in [5, 5.41) is 3.41. The molecule has 0 saturated carbocycles. The summed E-state index contributed by atoms with van der Waals surface area (Å²) in [6, 6.07) is 6.49. The molecule has 0 aromatic heterocycles. The van der Waals surface area contributed by atoms with Crippen LogP contribution in [0.3, 0.4) is 0 Å². The fraction of sp³-hybridized carbons (Fsp3) is 0.625. The summed E-state index contributed by atoms with van der Waals surface area (Å²) in [6.45, 7) is 7.21. The van der Waals surface area contributed by atoms with Gasteiger partial charge in [-0.15, -0.1) is 0 Å². The van der Waals surface area contributed by atoms with Crippen LogP contribution < -0.4 is 10.1 Å². The molecule has 0 fully saturated rings. The van der Waals surface area contributed by atoms with Crippen molar-refractivity contribution in [2.45, 2.75) is 39.5 Å². The number of aryl methyl sites for hydroxylation is 1. The molecular formula is C16H25NO. The van der Waals surface area contributed by atoms with E-state index in [-0.39, 0.29) is 0 Å². The van der Waals surface area contributed by atoms with Gasteiger partial charge in [-0.3, -0.25) is 0 Å². The molecule has 0 unspecified atom stereocenters. The summed E-state index contributed by atoms with van der Waals surface area (Å²) in [7, 11) is 0. The molecule has 0 aliphatic heterocycles. The monoisotopic (exact) mass is 247 g/mol. The predicted molar refractivity (Wildman–Crippen MR) is 76.3 cm³/mol. The zero-order valence-corrected chi connectivity index (χ0v) is 11.7. The van der Waals surface area contributed by atoms with E-state index >= 15 is 0 Å². The number of hydrogen-bond donors (Lipinski definition) is 1. The maximum atomic E-state index is 5.92. The molecule has 1 aliphatic rings. The molecule has 0 amide bonds. The Balaban J connectivity index is 1.82. The second-order valence-electron chi connectivity index (χ2n) is 5.55. The van der Waals surface area contributed by atoms with Crippen LogP contribution in [0, 0.1) is 5.92 Å². The molecule has 0 spiro atoms. The Morgan fingerprint density at radius 2 is 2.06 bits per heavy atom. The van der Waals surface area contributed by atoms with E-state index in [4.69, 9.17) is 4.74 Å². The van der Waals surface area contributed by atoms with Gasteiger partial charge in [0.1, 0.15) is 12.4 Å². The van der Waals surface area contributed by atoms with E-state index in [1.165, 1.54) is 36.8 Å². The van der Waals surface area contributed by atoms with Crippen molar-refractivity contribution in [3.05, 3.63) is 29.3 Å². The van der Waals surface area contributed by atoms with Gasteiger partial charge in [0.2, 0.25) is 0 Å². The van der Waals surface area contributed by atoms with Crippen molar-refractivity contribution in [2.24, 2.45) is 5.92 Å². The first-order valence-corrected chi connectivity index (χ1v) is 7.21. The predicted octanol–water partition coefficient (Wildman–Crippen LogP) is 3.19. The highest BCUT2D eigenvalue weighted by Gasteiger charge is 2.13. The van der Waals surface area contributed by atoms with Crippen LogP contribution in [0.5, 0.6) is 5.75 Å². The van der Waals surface area contributed by atoms with Crippen molar-refractivity contribution >= 4 is 0 Å². The Labute approximate surface area is 111 Å². The minimum atomic E-state index is 0.703. The second kappa shape index (κ2) is 6.79. The van der Waals surface area contributed by atoms with E-state index in [0.29, 0.717) is 5.92 Å². The lowest BCUT2D eigenvalue weighted by Gasteiger charge is -2.19. The molecule has 2 heteroatoms. The fourth-order valence-corrected chi connectivity index (χ4v) is 2.51. The van der Waals surface area contributed by atoms with Gasteiger partial charge in [0.05, 0.1) is 0 Å². The van der Waals surface area contributed by atoms with Crippen molar-refractivity contribution in [2.75, 3.05) is 19.7 Å². The Kier molecular flexibility index (Phi) is 5.06. The smallest absolute Gasteiger partial charge is 0.122 e. The largest absolute Gasteiger partial charge is 0.492 e. The van der Waals surface area contributed by atoms with Crippen LogP contribution in [-0.4, -0.2) is 19.7 Å². The minimum absolute atomic E-state index is 0.703. The normalized spacial score (nSPS) is 14.6. The molecule has 0 atom stereocenters. The summed E-state index contributed by atoms with van der Waals surface area (Å²) in [5.74, 6) is 1.81. The van der Waals surface area contributed by atoms with Crippen molar-refractivity contribution in [3.63, 3.8) is 0 Å². The first kappa shape index (κ1) is 13.4. The number of nitrogens with one attached hydrogen (secondary N) is 1. The number of ether oxygens (including phenoxy) is 1. The molecule has 18 heavy (non-hydrogen) atoms. The Morgan fingerprint density at radius 1 is 1.22 bits per heavy atom. The number of hydrogen-bond acceptors (Lipinski definition) is 2. The van der Waals surface area contributed by atoms with Crippen LogP contribution in [0.1, 0.15) is 37.8 Å². The van der Waals surface area contributed by atoms with E-state index in [1.54, 1.807) is 0 Å². The Hall–Kier alpha value is -1.02. The third-order valence-electron chi connectivity index (χ3n) is 3.44. The zero-order valence-electron chi connectivity index (χ0n) is 11.7. The molecule has 0 saturated heterocycles. The molecule has 2 nitrogen and oxygen atoms in total. The molecule has 1 aromatic rings. The van der Waals surface area contributed by atoms with Crippen LogP contribution in [0.2, 0.25) is 0 Å². The molecule has 0 bridgehead atoms. The maximum Gasteiger partial charge on any atom is 0.122 e. The van der Waals surface area contributed by atoms with E-state index < -0.39 is 0 Å². The first-order chi connectivity index (χ1) is 8.77. The van der Waals surface area contributed by atoms with E-state index in [1.807, 2.05) is 0 Å². The molecule has 0 heterocycles. The third kappa shape index (κ3) is 3.74. The fourth-order valence-electron chi connectivity index (χ4n) is 2.51. The van der Waals surface area contributed by atoms with Gasteiger partial charge in [-0.1, -0.05) is 26.0 Å². The van der Waals surface area contributed by atoms with Gasteiger partial charge in [0, 0.05) is 6.54 Å². The molecular weight excluding hydrogens is 222 g/mol. The summed E-state index contributed by atoms with van der Waals surface area (Å²) in [5.41, 5.74) is 2.95. The van der Waals surface area contributed by atoms with E-state index in [0.717, 1.165) is 25.4 Å². The molecule has 0 radical (unpaired) electrons. The van der Waals surface area contributed by atoms with Crippen molar-refractivity contribution in [1.82, 2.24) is 5.32 Å². The van der Waals surface area contributed by atoms with Crippen LogP contribution >= 0.6 is 0 Å². The Morgan fingerprint density at radius 3 is 2.89 bits per heavy atom. The van der Waals surface area contributed by atoms with Gasteiger partial charge in [-0.05, 0) is 55.3 Å². The van der Waals surface area contributed by atoms with E-state index in [2.05, 4.69) is 37.4 Å². The van der Waals surface area contributed by atoms with Crippen LogP contribution in [0.25, 0.3) is 0 Å². The highest BCUT2D eigenvalue weighted by Crippen LogP contribution is 2.29. The van der Waals surface area contributed by atoms with Crippen molar-refractivity contribution in [1.29, 1.82) is 0 Å². The average molecular weight is 247 g/mol. The summed E-state index contributed by atoms with van der Waals surface area (Å²) >= 11 is 0. The van der Waals surface area contributed by atoms with Crippen LogP contribution in [0.4, 0.5) is 0 Å². The second-order valence-corrected chi connectivity index (χ2v) is 5.55. The van der Waals surface area contributed by atoms with Gasteiger partial charge in [-0.25, -0.2) is 0 Å². The lowest BCUT2D eigenvalue weighted by molar-refractivity contribution is 0.306. The first-order valence-electron chi connectivity index (χ1n) is 7.21. The quantitative estimate of drug-likeness (QED) is 0.780. The lowest BCUT2D eigenvalue weighted by atomic mass is 9.91. The number of fused-ring (bicyclic) bond motifs is 1.